The number of nitrogens with zero attached hydrogens (tertiary/aromatic N) is 5. The van der Waals surface area contributed by atoms with Crippen molar-refractivity contribution in [2.75, 3.05) is 19.7 Å². The van der Waals surface area contributed by atoms with E-state index < -0.39 is 0 Å². The summed E-state index contributed by atoms with van der Waals surface area (Å²) < 4.78 is 22.7. The minimum atomic E-state index is -0.255. The summed E-state index contributed by atoms with van der Waals surface area (Å²) in [4.78, 5) is 15.0. The second kappa shape index (κ2) is 7.30. The lowest BCUT2D eigenvalue weighted by Crippen LogP contribution is -2.38. The van der Waals surface area contributed by atoms with Gasteiger partial charge in [0.15, 0.2) is 5.82 Å². The zero-order valence-corrected chi connectivity index (χ0v) is 16.9. The first-order valence-electron chi connectivity index (χ1n) is 9.94. The Morgan fingerprint density at radius 1 is 1.17 bits per heavy atom. The van der Waals surface area contributed by atoms with Crippen molar-refractivity contribution in [1.82, 2.24) is 24.1 Å². The molecule has 154 valence electrons. The van der Waals surface area contributed by atoms with Crippen LogP contribution in [0.3, 0.4) is 0 Å². The fourth-order valence-electron chi connectivity index (χ4n) is 4.09. The second-order valence-electron chi connectivity index (χ2n) is 7.78. The third kappa shape index (κ3) is 3.18. The maximum Gasteiger partial charge on any atom is 0.262 e. The molecule has 1 atom stereocenters. The lowest BCUT2D eigenvalue weighted by atomic mass is 10.1. The highest BCUT2D eigenvalue weighted by molar-refractivity contribution is 5.81. The molecular formula is C22H22FN5O2. The zero-order valence-electron chi connectivity index (χ0n) is 16.9. The number of hydrogen-bond donors (Lipinski definition) is 0. The molecular weight excluding hydrogens is 385 g/mol. The first kappa shape index (κ1) is 18.9. The van der Waals surface area contributed by atoms with Gasteiger partial charge < -0.3 is 4.74 Å². The molecule has 0 spiro atoms. The molecule has 30 heavy (non-hydrogen) atoms. The Labute approximate surface area is 172 Å². The van der Waals surface area contributed by atoms with Gasteiger partial charge in [0.05, 0.1) is 30.2 Å². The van der Waals surface area contributed by atoms with E-state index in [9.17, 15) is 9.18 Å². The van der Waals surface area contributed by atoms with E-state index in [2.05, 4.69) is 15.1 Å². The van der Waals surface area contributed by atoms with Crippen molar-refractivity contribution in [2.45, 2.75) is 19.6 Å². The number of morpholine rings is 1. The van der Waals surface area contributed by atoms with E-state index in [1.165, 1.54) is 12.1 Å². The molecule has 7 nitrogen and oxygen atoms in total. The molecule has 2 aromatic heterocycles. The van der Waals surface area contributed by atoms with Crippen molar-refractivity contribution in [2.24, 2.45) is 7.05 Å². The smallest absolute Gasteiger partial charge is 0.262 e. The predicted octanol–water partition coefficient (Wildman–Crippen LogP) is 2.60. The van der Waals surface area contributed by atoms with Crippen LogP contribution in [-0.4, -0.2) is 43.8 Å². The topological polar surface area (TPSA) is 64.7 Å². The van der Waals surface area contributed by atoms with Gasteiger partial charge in [-0.1, -0.05) is 23.8 Å². The molecule has 4 aromatic rings. The molecule has 0 amide bonds. The highest BCUT2D eigenvalue weighted by Gasteiger charge is 2.24. The molecule has 0 N–H and O–H groups in total. The molecule has 1 unspecified atom stereocenters. The van der Waals surface area contributed by atoms with E-state index in [0.717, 1.165) is 29.0 Å². The van der Waals surface area contributed by atoms with Crippen LogP contribution in [0, 0.1) is 12.7 Å². The molecule has 1 fully saturated rings. The normalized spacial score (nSPS) is 17.8. The van der Waals surface area contributed by atoms with Gasteiger partial charge in [-0.25, -0.2) is 4.39 Å². The summed E-state index contributed by atoms with van der Waals surface area (Å²) in [5.41, 5.74) is 2.71. The number of ether oxygens (including phenoxy) is 1. The molecule has 3 heterocycles. The van der Waals surface area contributed by atoms with E-state index in [-0.39, 0.29) is 17.5 Å². The molecule has 5 rings (SSSR count). The average molecular weight is 407 g/mol. The van der Waals surface area contributed by atoms with Crippen LogP contribution in [0.4, 0.5) is 4.39 Å². The van der Waals surface area contributed by atoms with E-state index in [0.29, 0.717) is 30.9 Å². The van der Waals surface area contributed by atoms with Crippen molar-refractivity contribution in [3.8, 4) is 0 Å². The summed E-state index contributed by atoms with van der Waals surface area (Å²) >= 11 is 0. The summed E-state index contributed by atoms with van der Waals surface area (Å²) in [7, 11) is 1.72. The average Bonchev–Trinajstić information content (AvgIpc) is 3.16. The van der Waals surface area contributed by atoms with Gasteiger partial charge in [-0.2, -0.15) is 0 Å². The van der Waals surface area contributed by atoms with Gasteiger partial charge >= 0.3 is 0 Å². The largest absolute Gasteiger partial charge is 0.371 e. The van der Waals surface area contributed by atoms with Crippen LogP contribution in [0.25, 0.3) is 16.7 Å². The number of aryl methyl sites for hydroxylation is 2. The van der Waals surface area contributed by atoms with Crippen molar-refractivity contribution in [1.29, 1.82) is 0 Å². The monoisotopic (exact) mass is 407 g/mol. The number of hydrogen-bond acceptors (Lipinski definition) is 5. The minimum absolute atomic E-state index is 0.0807. The quantitative estimate of drug-likeness (QED) is 0.522. The molecule has 1 aliphatic heterocycles. The van der Waals surface area contributed by atoms with Gasteiger partial charge in [-0.3, -0.25) is 18.7 Å². The Morgan fingerprint density at radius 3 is 2.77 bits per heavy atom. The molecule has 0 radical (unpaired) electrons. The summed E-state index contributed by atoms with van der Waals surface area (Å²) in [6.07, 6.45) is -0.123. The summed E-state index contributed by atoms with van der Waals surface area (Å²) in [5, 5.41) is 9.32. The zero-order chi connectivity index (χ0) is 20.8. The van der Waals surface area contributed by atoms with Crippen molar-refractivity contribution >= 4 is 16.7 Å². The van der Waals surface area contributed by atoms with Crippen LogP contribution in [-0.2, 0) is 18.3 Å². The molecule has 8 heteroatoms. The number of benzene rings is 2. The van der Waals surface area contributed by atoms with Gasteiger partial charge in [0.25, 0.3) is 5.56 Å². The fourth-order valence-corrected chi connectivity index (χ4v) is 4.09. The summed E-state index contributed by atoms with van der Waals surface area (Å²) in [6, 6.07) is 12.3. The van der Waals surface area contributed by atoms with E-state index in [4.69, 9.17) is 4.74 Å². The summed E-state index contributed by atoms with van der Waals surface area (Å²) in [5.74, 6) is 1.04. The van der Waals surface area contributed by atoms with Crippen LogP contribution < -0.4 is 5.56 Å². The standard InChI is InChI=1S/C22H22FN5O2/c1-14-3-8-18-17(11-14)21(29)26(2)22-25-24-20(28(18)22)13-27-9-10-30-19(12-27)15-4-6-16(23)7-5-15/h3-8,11,19H,9-10,12-13H2,1-2H3. The number of fused-ring (bicyclic) bond motifs is 3. The highest BCUT2D eigenvalue weighted by Crippen LogP contribution is 2.24. The van der Waals surface area contributed by atoms with E-state index >= 15 is 0 Å². The maximum absolute atomic E-state index is 13.3. The molecule has 1 aliphatic rings. The first-order valence-corrected chi connectivity index (χ1v) is 9.94. The Kier molecular flexibility index (Phi) is 4.60. The molecule has 0 saturated carbocycles. The molecule has 0 aliphatic carbocycles. The minimum Gasteiger partial charge on any atom is -0.371 e. The molecule has 2 aromatic carbocycles. The molecule has 1 saturated heterocycles. The Hall–Kier alpha value is -3.10. The van der Waals surface area contributed by atoms with Gasteiger partial charge in [-0.15, -0.1) is 10.2 Å². The number of rotatable bonds is 3. The van der Waals surface area contributed by atoms with Crippen molar-refractivity contribution in [3.05, 3.63) is 75.6 Å². The molecule has 0 bridgehead atoms. The van der Waals surface area contributed by atoms with Crippen LogP contribution in [0.2, 0.25) is 0 Å². The van der Waals surface area contributed by atoms with E-state index in [1.807, 2.05) is 29.5 Å². The number of aromatic nitrogens is 4. The Bertz CT molecular complexity index is 1300. The van der Waals surface area contributed by atoms with E-state index in [1.54, 1.807) is 23.7 Å². The maximum atomic E-state index is 13.3. The lowest BCUT2D eigenvalue weighted by molar-refractivity contribution is -0.0337. The van der Waals surface area contributed by atoms with Crippen molar-refractivity contribution < 1.29 is 9.13 Å². The van der Waals surface area contributed by atoms with Crippen LogP contribution >= 0.6 is 0 Å². The third-order valence-electron chi connectivity index (χ3n) is 5.70. The van der Waals surface area contributed by atoms with Crippen molar-refractivity contribution in [3.63, 3.8) is 0 Å². The van der Waals surface area contributed by atoms with Gasteiger partial charge in [0.2, 0.25) is 5.78 Å². The SMILES string of the molecule is Cc1ccc2c(c1)c(=O)n(C)c1nnc(CN3CCOC(c4ccc(F)cc4)C3)n21. The van der Waals surface area contributed by atoms with Crippen LogP contribution in [0.5, 0.6) is 0 Å². The summed E-state index contributed by atoms with van der Waals surface area (Å²) in [6.45, 7) is 4.55. The Balaban J connectivity index is 1.50. The fraction of sp³-hybridized carbons (Fsp3) is 0.318. The predicted molar refractivity (Wildman–Crippen MR) is 111 cm³/mol. The third-order valence-corrected chi connectivity index (χ3v) is 5.70. The Morgan fingerprint density at radius 2 is 1.97 bits per heavy atom. The highest BCUT2D eigenvalue weighted by atomic mass is 19.1. The van der Waals surface area contributed by atoms with Gasteiger partial charge in [0.1, 0.15) is 5.82 Å². The second-order valence-corrected chi connectivity index (χ2v) is 7.78. The van der Waals surface area contributed by atoms with Crippen LogP contribution in [0.1, 0.15) is 23.1 Å². The lowest BCUT2D eigenvalue weighted by Gasteiger charge is -2.32. The van der Waals surface area contributed by atoms with Gasteiger partial charge in [0, 0.05) is 20.1 Å². The first-order chi connectivity index (χ1) is 14.5. The van der Waals surface area contributed by atoms with Crippen LogP contribution in [0.15, 0.2) is 47.3 Å². The number of halogens is 1. The van der Waals surface area contributed by atoms with Gasteiger partial charge in [-0.05, 0) is 36.8 Å².